The summed E-state index contributed by atoms with van der Waals surface area (Å²) in [6, 6.07) is 24.0. The molecule has 0 bridgehead atoms. The van der Waals surface area contributed by atoms with Crippen LogP contribution >= 0.6 is 0 Å². The minimum absolute atomic E-state index is 0.0186. The normalized spacial score (nSPS) is 23.9. The quantitative estimate of drug-likeness (QED) is 0.199. The van der Waals surface area contributed by atoms with Crippen LogP contribution in [0.3, 0.4) is 0 Å². The zero-order valence-electron chi connectivity index (χ0n) is 27.6. The minimum atomic E-state index is -0.0186. The number of nitrogens with zero attached hydrogens (tertiary/aromatic N) is 6. The molecule has 0 spiro atoms. The Hall–Kier alpha value is -5.10. The largest absolute Gasteiger partial charge is 0.494 e. The number of para-hydroxylation sites is 1. The highest BCUT2D eigenvalue weighted by Crippen LogP contribution is 2.60. The lowest BCUT2D eigenvalue weighted by Crippen LogP contribution is -2.53. The van der Waals surface area contributed by atoms with Gasteiger partial charge < -0.3 is 23.7 Å². The molecular weight excluding hydrogens is 612 g/mol. The molecule has 3 unspecified atom stereocenters. The number of hydrogen-bond donors (Lipinski definition) is 0. The number of nitriles is 1. The third kappa shape index (κ3) is 4.46. The van der Waals surface area contributed by atoms with Gasteiger partial charge in [0, 0.05) is 66.7 Å². The molecule has 5 aromatic rings. The summed E-state index contributed by atoms with van der Waals surface area (Å²) in [5.41, 5.74) is 5.71. The Morgan fingerprint density at radius 3 is 2.41 bits per heavy atom. The fourth-order valence-electron chi connectivity index (χ4n) is 9.38. The number of imidazole rings is 1. The monoisotopic (exact) mass is 650 g/mol. The smallest absolute Gasteiger partial charge is 0.254 e. The van der Waals surface area contributed by atoms with Crippen molar-refractivity contribution in [1.82, 2.24) is 23.9 Å². The fourth-order valence-corrected chi connectivity index (χ4v) is 9.38. The van der Waals surface area contributed by atoms with E-state index in [1.165, 1.54) is 30.2 Å². The maximum Gasteiger partial charge on any atom is 0.254 e. The van der Waals surface area contributed by atoms with Crippen LogP contribution in [0.4, 0.5) is 0 Å². The summed E-state index contributed by atoms with van der Waals surface area (Å²) < 4.78 is 10.8. The first-order valence-corrected chi connectivity index (χ1v) is 17.7. The summed E-state index contributed by atoms with van der Waals surface area (Å²) in [5, 5.41) is 10.3. The van der Waals surface area contributed by atoms with E-state index in [4.69, 9.17) is 15.0 Å². The number of carbonyl (C=O) groups is 2. The van der Waals surface area contributed by atoms with Gasteiger partial charge in [0.15, 0.2) is 5.82 Å². The summed E-state index contributed by atoms with van der Waals surface area (Å²) in [4.78, 5) is 36.6. The zero-order valence-corrected chi connectivity index (χ0v) is 27.6. The third-order valence-corrected chi connectivity index (χ3v) is 12.2. The van der Waals surface area contributed by atoms with Crippen LogP contribution in [0, 0.1) is 40.9 Å². The summed E-state index contributed by atoms with van der Waals surface area (Å²) >= 11 is 0. The Labute approximate surface area is 284 Å². The van der Waals surface area contributed by atoms with Crippen molar-refractivity contribution in [3.63, 3.8) is 0 Å². The number of hydrogen-bond acceptors (Lipinski definition) is 5. The second kappa shape index (κ2) is 10.7. The number of amides is 2. The Morgan fingerprint density at radius 1 is 0.878 bits per heavy atom. The molecule has 5 aliphatic rings. The van der Waals surface area contributed by atoms with E-state index in [1.54, 1.807) is 31.4 Å². The Bertz CT molecular complexity index is 2220. The number of fused-ring (bicyclic) bond motifs is 2. The SMILES string of the molecule is COc1cc(C(=O)N2CC3CC4CC2[C@H]43)cc2nc(-c3cc4ccccc4n3CC3CC3)n(CC3CN(C(=O)c4ccc(C#N)cc4)C3)c12. The van der Waals surface area contributed by atoms with Crippen molar-refractivity contribution in [3.05, 3.63) is 83.4 Å². The van der Waals surface area contributed by atoms with Gasteiger partial charge in [0.1, 0.15) is 11.3 Å². The molecule has 49 heavy (non-hydrogen) atoms. The van der Waals surface area contributed by atoms with Crippen molar-refractivity contribution in [2.75, 3.05) is 26.7 Å². The Morgan fingerprint density at radius 2 is 1.67 bits per heavy atom. The van der Waals surface area contributed by atoms with Gasteiger partial charge in [-0.15, -0.1) is 0 Å². The van der Waals surface area contributed by atoms with Gasteiger partial charge in [0.25, 0.3) is 11.8 Å². The summed E-state index contributed by atoms with van der Waals surface area (Å²) in [6.45, 7) is 3.73. The molecule has 10 rings (SSSR count). The number of benzene rings is 3. The molecule has 2 aliphatic heterocycles. The Kier molecular flexibility index (Phi) is 6.30. The van der Waals surface area contributed by atoms with E-state index in [2.05, 4.69) is 50.4 Å². The molecule has 5 fully saturated rings. The predicted molar refractivity (Wildman–Crippen MR) is 185 cm³/mol. The summed E-state index contributed by atoms with van der Waals surface area (Å²) in [7, 11) is 1.68. The zero-order chi connectivity index (χ0) is 33.0. The number of rotatable bonds is 8. The number of ether oxygens (including phenoxy) is 1. The van der Waals surface area contributed by atoms with Gasteiger partial charge in [-0.1, -0.05) is 18.2 Å². The average Bonchev–Trinajstić information content (AvgIpc) is 3.75. The van der Waals surface area contributed by atoms with Crippen molar-refractivity contribution >= 4 is 33.8 Å². The van der Waals surface area contributed by atoms with Crippen LogP contribution < -0.4 is 4.74 Å². The van der Waals surface area contributed by atoms with E-state index < -0.39 is 0 Å². The Balaban J connectivity index is 1.03. The third-order valence-electron chi connectivity index (χ3n) is 12.2. The molecule has 2 saturated heterocycles. The molecule has 3 aliphatic carbocycles. The molecule has 0 radical (unpaired) electrons. The van der Waals surface area contributed by atoms with Crippen molar-refractivity contribution in [2.24, 2.45) is 29.6 Å². The first-order chi connectivity index (χ1) is 24.0. The first kappa shape index (κ1) is 28.9. The number of aromatic nitrogens is 3. The number of carbonyl (C=O) groups excluding carboxylic acids is 2. The lowest BCUT2D eigenvalue weighted by molar-refractivity contribution is -0.0204. The van der Waals surface area contributed by atoms with Crippen LogP contribution in [0.2, 0.25) is 0 Å². The van der Waals surface area contributed by atoms with E-state index >= 15 is 0 Å². The van der Waals surface area contributed by atoms with Crippen LogP contribution in [0.15, 0.2) is 66.7 Å². The standard InChI is InChI=1S/C40H38N6O3/c1-49-35-16-29(40(48)45-22-30-12-28-15-33(45)36(28)30)13-31-37(35)46(21-25-18-43(19-25)39(47)26-10-8-23(17-41)9-11-26)38(42-31)34-14-27-4-2-3-5-32(27)44(34)20-24-6-7-24/h2-5,8-11,13-14,16,24-25,28,30,33,36H,6-7,12,15,18-22H2,1H3/t28?,30?,33?,36-/m1/s1. The van der Waals surface area contributed by atoms with Gasteiger partial charge in [-0.05, 0) is 97.9 Å². The van der Waals surface area contributed by atoms with Crippen molar-refractivity contribution in [2.45, 2.75) is 44.8 Å². The molecule has 3 aromatic carbocycles. The first-order valence-electron chi connectivity index (χ1n) is 17.7. The van der Waals surface area contributed by atoms with Gasteiger partial charge in [0.2, 0.25) is 0 Å². The fraction of sp³-hybridized carbons (Fsp3) is 0.400. The molecule has 3 saturated carbocycles. The van der Waals surface area contributed by atoms with Crippen LogP contribution in [-0.2, 0) is 13.1 Å². The van der Waals surface area contributed by atoms with Gasteiger partial charge in [0.05, 0.1) is 30.0 Å². The molecular formula is C40H38N6O3. The van der Waals surface area contributed by atoms with E-state index in [1.807, 2.05) is 17.0 Å². The van der Waals surface area contributed by atoms with Gasteiger partial charge in [-0.3, -0.25) is 9.59 Å². The van der Waals surface area contributed by atoms with E-state index in [-0.39, 0.29) is 17.7 Å². The lowest BCUT2D eigenvalue weighted by Gasteiger charge is -2.52. The lowest BCUT2D eigenvalue weighted by atomic mass is 9.53. The second-order valence-corrected chi connectivity index (χ2v) is 15.1. The maximum absolute atomic E-state index is 14.0. The molecule has 246 valence electrons. The van der Waals surface area contributed by atoms with E-state index in [0.717, 1.165) is 48.0 Å². The van der Waals surface area contributed by atoms with Gasteiger partial charge in [-0.25, -0.2) is 4.98 Å². The van der Waals surface area contributed by atoms with Crippen molar-refractivity contribution in [3.8, 4) is 23.3 Å². The van der Waals surface area contributed by atoms with E-state index in [9.17, 15) is 9.59 Å². The van der Waals surface area contributed by atoms with Crippen LogP contribution in [0.5, 0.6) is 5.75 Å². The van der Waals surface area contributed by atoms with E-state index in [0.29, 0.717) is 65.9 Å². The summed E-state index contributed by atoms with van der Waals surface area (Å²) in [5.74, 6) is 4.69. The average molecular weight is 651 g/mol. The molecule has 2 amide bonds. The number of likely N-dealkylation sites (tertiary alicyclic amines) is 2. The molecule has 9 heteroatoms. The van der Waals surface area contributed by atoms with Gasteiger partial charge >= 0.3 is 0 Å². The molecule has 9 nitrogen and oxygen atoms in total. The highest BCUT2D eigenvalue weighted by molar-refractivity contribution is 6.01. The van der Waals surface area contributed by atoms with Crippen LogP contribution in [0.1, 0.15) is 52.0 Å². The second-order valence-electron chi connectivity index (χ2n) is 15.1. The van der Waals surface area contributed by atoms with Crippen molar-refractivity contribution in [1.29, 1.82) is 5.26 Å². The predicted octanol–water partition coefficient (Wildman–Crippen LogP) is 6.20. The summed E-state index contributed by atoms with van der Waals surface area (Å²) in [6.07, 6.45) is 4.90. The minimum Gasteiger partial charge on any atom is -0.494 e. The van der Waals surface area contributed by atoms with Crippen LogP contribution in [-0.4, -0.2) is 68.5 Å². The van der Waals surface area contributed by atoms with Gasteiger partial charge in [-0.2, -0.15) is 5.26 Å². The van der Waals surface area contributed by atoms with Crippen molar-refractivity contribution < 1.29 is 14.3 Å². The maximum atomic E-state index is 14.0. The molecule has 4 heterocycles. The van der Waals surface area contributed by atoms with Crippen LogP contribution in [0.25, 0.3) is 33.5 Å². The number of methoxy groups -OCH3 is 1. The highest BCUT2D eigenvalue weighted by Gasteiger charge is 2.61. The highest BCUT2D eigenvalue weighted by atomic mass is 16.5. The molecule has 0 N–H and O–H groups in total. The molecule has 2 aromatic heterocycles. The molecule has 4 atom stereocenters. The topological polar surface area (TPSA) is 96.4 Å².